The second-order valence-corrected chi connectivity index (χ2v) is 4.61. The quantitative estimate of drug-likeness (QED) is 0.440. The van der Waals surface area contributed by atoms with E-state index in [1.54, 1.807) is 0 Å². The minimum atomic E-state index is -1.96. The Labute approximate surface area is 93.7 Å². The van der Waals surface area contributed by atoms with Crippen LogP contribution in [0.3, 0.4) is 0 Å². The Morgan fingerprint density at radius 3 is 2.31 bits per heavy atom. The maximum absolute atomic E-state index is 10.8. The molecule has 0 rings (SSSR count). The van der Waals surface area contributed by atoms with Crippen LogP contribution in [0.15, 0.2) is 5.29 Å². The van der Waals surface area contributed by atoms with Crippen molar-refractivity contribution in [3.05, 3.63) is 4.91 Å². The fourth-order valence-corrected chi connectivity index (χ4v) is 0.475. The zero-order valence-corrected chi connectivity index (χ0v) is 9.23. The van der Waals surface area contributed by atoms with Crippen LogP contribution in [0.4, 0.5) is 4.79 Å². The molecule has 0 N–H and O–H groups in total. The molecule has 0 spiro atoms. The summed E-state index contributed by atoms with van der Waals surface area (Å²) < 4.78 is 2.37. The second kappa shape index (κ2) is 5.05. The Morgan fingerprint density at radius 1 is 1.54 bits per heavy atom. The van der Waals surface area contributed by atoms with Gasteiger partial charge in [0, 0.05) is 7.05 Å². The fraction of sp³-hybridized carbons (Fsp3) is 0.750. The van der Waals surface area contributed by atoms with E-state index in [9.17, 15) is 9.70 Å². The van der Waals surface area contributed by atoms with E-state index >= 15 is 0 Å². The summed E-state index contributed by atoms with van der Waals surface area (Å²) in [5.74, 6) is 0. The predicted molar refractivity (Wildman–Crippen MR) is 50.0 cm³/mol. The lowest BCUT2D eigenvalue weighted by Crippen LogP contribution is -2.31. The van der Waals surface area contributed by atoms with E-state index in [2.05, 4.69) is 10.0 Å². The van der Waals surface area contributed by atoms with Gasteiger partial charge in [-0.1, -0.05) is 46.4 Å². The topological polar surface area (TPSA) is 59.0 Å². The first kappa shape index (κ1) is 13.0. The third-order valence-corrected chi connectivity index (χ3v) is 2.19. The fourth-order valence-electron chi connectivity index (χ4n) is 0.265. The second-order valence-electron chi connectivity index (χ2n) is 1.85. The Morgan fingerprint density at radius 2 is 2.00 bits per heavy atom. The van der Waals surface area contributed by atoms with Gasteiger partial charge in [-0.25, -0.2) is 4.79 Å². The SMILES string of the molecule is CN(N=O)C(=O)OC(Cl)C(Cl)(Cl)Cl. The van der Waals surface area contributed by atoms with Crippen molar-refractivity contribution in [1.82, 2.24) is 5.01 Å². The smallest absolute Gasteiger partial charge is 0.424 e. The average molecular weight is 270 g/mol. The number of hydrogen-bond acceptors (Lipinski definition) is 4. The molecule has 0 aliphatic carbocycles. The van der Waals surface area contributed by atoms with Crippen molar-refractivity contribution in [3.63, 3.8) is 0 Å². The number of hydrogen-bond donors (Lipinski definition) is 0. The van der Waals surface area contributed by atoms with Gasteiger partial charge in [0.1, 0.15) is 0 Å². The Bertz CT molecular complexity index is 206. The zero-order chi connectivity index (χ0) is 10.6. The van der Waals surface area contributed by atoms with E-state index in [-0.39, 0.29) is 0 Å². The molecule has 0 aromatic rings. The molecule has 0 fully saturated rings. The maximum Gasteiger partial charge on any atom is 0.434 e. The first-order chi connectivity index (χ1) is 5.79. The monoisotopic (exact) mass is 268 g/mol. The minimum Gasteiger partial charge on any atom is -0.424 e. The highest BCUT2D eigenvalue weighted by atomic mass is 35.6. The number of amides is 1. The normalized spacial score (nSPS) is 13.3. The van der Waals surface area contributed by atoms with Crippen LogP contribution in [0.25, 0.3) is 0 Å². The molecule has 0 aliphatic rings. The van der Waals surface area contributed by atoms with Crippen LogP contribution in [0.2, 0.25) is 0 Å². The van der Waals surface area contributed by atoms with Crippen molar-refractivity contribution in [2.24, 2.45) is 5.29 Å². The maximum atomic E-state index is 10.8. The van der Waals surface area contributed by atoms with Gasteiger partial charge >= 0.3 is 6.09 Å². The number of carbonyl (C=O) groups is 1. The van der Waals surface area contributed by atoms with Gasteiger partial charge in [-0.3, -0.25) is 0 Å². The van der Waals surface area contributed by atoms with Crippen molar-refractivity contribution < 1.29 is 9.53 Å². The van der Waals surface area contributed by atoms with E-state index in [4.69, 9.17) is 46.4 Å². The van der Waals surface area contributed by atoms with Crippen molar-refractivity contribution in [3.8, 4) is 0 Å². The van der Waals surface area contributed by atoms with Crippen LogP contribution in [-0.4, -0.2) is 27.5 Å². The summed E-state index contributed by atoms with van der Waals surface area (Å²) in [6.45, 7) is 0. The Hall–Kier alpha value is 0.0300. The average Bonchev–Trinajstić information content (AvgIpc) is 2.01. The third kappa shape index (κ3) is 4.71. The van der Waals surface area contributed by atoms with Crippen molar-refractivity contribution in [2.75, 3.05) is 7.05 Å². The summed E-state index contributed by atoms with van der Waals surface area (Å²) in [7, 11) is 1.07. The number of nitroso groups, excluding NO2 is 1. The van der Waals surface area contributed by atoms with E-state index in [1.165, 1.54) is 0 Å². The van der Waals surface area contributed by atoms with Crippen molar-refractivity contribution in [2.45, 2.75) is 9.36 Å². The molecule has 0 aliphatic heterocycles. The van der Waals surface area contributed by atoms with Crippen molar-refractivity contribution >= 4 is 52.5 Å². The molecule has 0 aromatic carbocycles. The largest absolute Gasteiger partial charge is 0.434 e. The highest BCUT2D eigenvalue weighted by Gasteiger charge is 2.35. The first-order valence-corrected chi connectivity index (χ1v) is 4.34. The van der Waals surface area contributed by atoms with E-state index in [0.29, 0.717) is 5.01 Å². The highest BCUT2D eigenvalue weighted by molar-refractivity contribution is 6.70. The number of nitrogens with zero attached hydrogens (tertiary/aromatic N) is 2. The van der Waals surface area contributed by atoms with Gasteiger partial charge in [0.05, 0.1) is 5.29 Å². The number of alkyl halides is 4. The van der Waals surface area contributed by atoms with Gasteiger partial charge in [0.2, 0.25) is 9.36 Å². The molecular formula is C4H4Cl4N2O3. The molecule has 1 atom stereocenters. The van der Waals surface area contributed by atoms with E-state index in [1.807, 2.05) is 0 Å². The molecule has 13 heavy (non-hydrogen) atoms. The lowest BCUT2D eigenvalue weighted by atomic mass is 10.8. The van der Waals surface area contributed by atoms with Crippen LogP contribution in [-0.2, 0) is 4.74 Å². The Kier molecular flexibility index (Phi) is 5.06. The lowest BCUT2D eigenvalue weighted by Gasteiger charge is -2.18. The van der Waals surface area contributed by atoms with Gasteiger partial charge in [0.25, 0.3) is 0 Å². The summed E-state index contributed by atoms with van der Waals surface area (Å²) in [5, 5.41) is 2.61. The van der Waals surface area contributed by atoms with Crippen LogP contribution >= 0.6 is 46.4 Å². The van der Waals surface area contributed by atoms with Crippen molar-refractivity contribution in [1.29, 1.82) is 0 Å². The molecule has 0 aromatic heterocycles. The molecule has 0 saturated carbocycles. The van der Waals surface area contributed by atoms with Gasteiger partial charge in [-0.05, 0) is 0 Å². The molecule has 0 saturated heterocycles. The summed E-state index contributed by atoms with van der Waals surface area (Å²) in [5.41, 5.74) is -1.49. The van der Waals surface area contributed by atoms with Gasteiger partial charge in [-0.15, -0.1) is 4.91 Å². The summed E-state index contributed by atoms with van der Waals surface area (Å²) in [6, 6.07) is 0. The molecular weight excluding hydrogens is 266 g/mol. The number of rotatable bonds is 2. The van der Waals surface area contributed by atoms with Gasteiger partial charge in [0.15, 0.2) is 0 Å². The highest BCUT2D eigenvalue weighted by Crippen LogP contribution is 2.34. The van der Waals surface area contributed by atoms with E-state index < -0.39 is 15.4 Å². The molecule has 9 heteroatoms. The lowest BCUT2D eigenvalue weighted by molar-refractivity contribution is 0.100. The molecule has 0 bridgehead atoms. The van der Waals surface area contributed by atoms with E-state index in [0.717, 1.165) is 7.05 Å². The number of ether oxygens (including phenoxy) is 1. The van der Waals surface area contributed by atoms with Crippen LogP contribution in [0, 0.1) is 4.91 Å². The van der Waals surface area contributed by atoms with Gasteiger partial charge in [-0.2, -0.15) is 5.01 Å². The standard InChI is InChI=1S/C4H4Cl4N2O3/c1-10(9-12)3(11)13-2(5)4(6,7)8/h2H,1H3. The number of halogens is 4. The van der Waals surface area contributed by atoms with Crippen LogP contribution in [0.5, 0.6) is 0 Å². The van der Waals surface area contributed by atoms with Crippen LogP contribution < -0.4 is 0 Å². The molecule has 0 heterocycles. The molecule has 1 amide bonds. The predicted octanol–water partition coefficient (Wildman–Crippen LogP) is 2.67. The zero-order valence-electron chi connectivity index (χ0n) is 6.21. The summed E-state index contributed by atoms with van der Waals surface area (Å²) in [4.78, 5) is 20.6. The third-order valence-electron chi connectivity index (χ3n) is 0.848. The summed E-state index contributed by atoms with van der Waals surface area (Å²) in [6.07, 6.45) is -1.11. The minimum absolute atomic E-state index is 0.367. The molecule has 5 nitrogen and oxygen atoms in total. The summed E-state index contributed by atoms with van der Waals surface area (Å²) >= 11 is 21.2. The van der Waals surface area contributed by atoms with Crippen LogP contribution in [0.1, 0.15) is 0 Å². The van der Waals surface area contributed by atoms with Gasteiger partial charge < -0.3 is 4.74 Å². The molecule has 0 radical (unpaired) electrons. The molecule has 1 unspecified atom stereocenters. The number of carbonyl (C=O) groups excluding carboxylic acids is 1. The molecule has 76 valence electrons. The Balaban J connectivity index is 4.14. The first-order valence-electron chi connectivity index (χ1n) is 2.77.